The molecule has 1 N–H and O–H groups in total. The number of carbonyl (C=O) groups is 1. The molecule has 0 saturated carbocycles. The maximum absolute atomic E-state index is 12.3. The van der Waals surface area contributed by atoms with Crippen LogP contribution in [0.4, 0.5) is 0 Å². The molecule has 1 unspecified atom stereocenters. The highest BCUT2D eigenvalue weighted by Gasteiger charge is 2.23. The molecule has 1 heterocycles. The van der Waals surface area contributed by atoms with Gasteiger partial charge in [0.1, 0.15) is 5.75 Å². The number of carbonyl (C=O) groups excluding carboxylic acids is 1. The number of hydrogen-bond acceptors (Lipinski definition) is 4. The van der Waals surface area contributed by atoms with E-state index in [-0.39, 0.29) is 11.9 Å². The number of nitrogens with one attached hydrogen (secondary N) is 1. The van der Waals surface area contributed by atoms with Crippen LogP contribution >= 0.6 is 11.8 Å². The van der Waals surface area contributed by atoms with E-state index < -0.39 is 0 Å². The van der Waals surface area contributed by atoms with Crippen molar-refractivity contribution >= 4 is 17.7 Å². The van der Waals surface area contributed by atoms with Crippen molar-refractivity contribution in [2.24, 2.45) is 0 Å². The van der Waals surface area contributed by atoms with Gasteiger partial charge in [-0.3, -0.25) is 9.69 Å². The molecule has 0 radical (unpaired) electrons. The number of thioether (sulfide) groups is 1. The fourth-order valence-corrected chi connectivity index (χ4v) is 4.27. The Bertz CT molecular complexity index is 700. The zero-order chi connectivity index (χ0) is 18.9. The van der Waals surface area contributed by atoms with Crippen molar-refractivity contribution in [3.63, 3.8) is 0 Å². The van der Waals surface area contributed by atoms with Crippen LogP contribution in [0.2, 0.25) is 0 Å². The number of nitrogens with zero attached hydrogens (tertiary/aromatic N) is 1. The summed E-state index contributed by atoms with van der Waals surface area (Å²) in [5.41, 5.74) is 1.28. The highest BCUT2D eigenvalue weighted by atomic mass is 32.2. The topological polar surface area (TPSA) is 41.6 Å². The smallest absolute Gasteiger partial charge is 0.220 e. The van der Waals surface area contributed by atoms with Gasteiger partial charge in [-0.1, -0.05) is 30.3 Å². The minimum Gasteiger partial charge on any atom is -0.497 e. The maximum Gasteiger partial charge on any atom is 0.220 e. The van der Waals surface area contributed by atoms with E-state index in [1.165, 1.54) is 18.4 Å². The molecule has 1 amide bonds. The van der Waals surface area contributed by atoms with Gasteiger partial charge < -0.3 is 10.1 Å². The zero-order valence-electron chi connectivity index (χ0n) is 15.9. The van der Waals surface area contributed by atoms with Crippen LogP contribution in [0.25, 0.3) is 0 Å². The van der Waals surface area contributed by atoms with Crippen LogP contribution in [0.1, 0.15) is 30.9 Å². The van der Waals surface area contributed by atoms with E-state index >= 15 is 0 Å². The number of ether oxygens (including phenoxy) is 1. The Hall–Kier alpha value is -1.98. The van der Waals surface area contributed by atoms with E-state index in [2.05, 4.69) is 34.5 Å². The molecule has 0 aliphatic carbocycles. The molecule has 0 bridgehead atoms. The first-order valence-corrected chi connectivity index (χ1v) is 10.6. The summed E-state index contributed by atoms with van der Waals surface area (Å²) in [7, 11) is 1.66. The third kappa shape index (κ3) is 6.01. The Morgan fingerprint density at radius 3 is 2.48 bits per heavy atom. The maximum atomic E-state index is 12.3. The van der Waals surface area contributed by atoms with E-state index in [0.29, 0.717) is 13.0 Å². The fourth-order valence-electron chi connectivity index (χ4n) is 3.42. The Labute approximate surface area is 166 Å². The van der Waals surface area contributed by atoms with Crippen LogP contribution in [0.3, 0.4) is 0 Å². The summed E-state index contributed by atoms with van der Waals surface area (Å²) in [4.78, 5) is 16.0. The number of benzene rings is 2. The van der Waals surface area contributed by atoms with Crippen LogP contribution in [0.15, 0.2) is 59.5 Å². The van der Waals surface area contributed by atoms with Gasteiger partial charge >= 0.3 is 0 Å². The van der Waals surface area contributed by atoms with Gasteiger partial charge in [-0.25, -0.2) is 0 Å². The van der Waals surface area contributed by atoms with Crippen molar-refractivity contribution in [2.75, 3.05) is 32.5 Å². The Balaban J connectivity index is 1.45. The van der Waals surface area contributed by atoms with Crippen LogP contribution in [-0.4, -0.2) is 43.3 Å². The molecular formula is C22H28N2O2S. The van der Waals surface area contributed by atoms with Gasteiger partial charge in [-0.15, -0.1) is 11.8 Å². The molecule has 1 atom stereocenters. The van der Waals surface area contributed by atoms with Crippen molar-refractivity contribution in [3.05, 3.63) is 60.2 Å². The van der Waals surface area contributed by atoms with Gasteiger partial charge in [0.05, 0.1) is 13.2 Å². The Morgan fingerprint density at radius 2 is 1.81 bits per heavy atom. The van der Waals surface area contributed by atoms with Crippen molar-refractivity contribution in [1.29, 1.82) is 0 Å². The summed E-state index contributed by atoms with van der Waals surface area (Å²) in [5.74, 6) is 1.75. The second kappa shape index (κ2) is 10.4. The summed E-state index contributed by atoms with van der Waals surface area (Å²) in [6.45, 7) is 2.90. The first-order valence-electron chi connectivity index (χ1n) is 9.59. The summed E-state index contributed by atoms with van der Waals surface area (Å²) in [5, 5.41) is 3.15. The lowest BCUT2D eigenvalue weighted by molar-refractivity contribution is -0.120. The summed E-state index contributed by atoms with van der Waals surface area (Å²) in [6, 6.07) is 18.7. The number of rotatable bonds is 9. The summed E-state index contributed by atoms with van der Waals surface area (Å²) in [6.07, 6.45) is 3.02. The molecule has 1 aliphatic heterocycles. The molecule has 3 rings (SSSR count). The standard InChI is InChI=1S/C22H28N2O2S/c1-26-19-9-11-20(12-10-19)27-16-13-22(25)23-17-21(24-14-5-6-15-24)18-7-3-2-4-8-18/h2-4,7-12,21H,5-6,13-17H2,1H3,(H,23,25). The average Bonchev–Trinajstić information content (AvgIpc) is 3.24. The quantitative estimate of drug-likeness (QED) is 0.660. The number of methoxy groups -OCH3 is 1. The van der Waals surface area contributed by atoms with Crippen molar-refractivity contribution in [1.82, 2.24) is 10.2 Å². The van der Waals surface area contributed by atoms with Gasteiger partial charge in [0.15, 0.2) is 0 Å². The first kappa shape index (κ1) is 19.8. The Morgan fingerprint density at radius 1 is 1.11 bits per heavy atom. The van der Waals surface area contributed by atoms with Gasteiger partial charge in [-0.2, -0.15) is 0 Å². The predicted octanol–water partition coefficient (Wildman–Crippen LogP) is 4.13. The van der Waals surface area contributed by atoms with Crippen LogP contribution in [-0.2, 0) is 4.79 Å². The monoisotopic (exact) mass is 384 g/mol. The van der Waals surface area contributed by atoms with E-state index in [1.807, 2.05) is 30.3 Å². The third-order valence-electron chi connectivity index (χ3n) is 4.92. The predicted molar refractivity (Wildman–Crippen MR) is 111 cm³/mol. The SMILES string of the molecule is COc1ccc(SCCC(=O)NCC(c2ccccc2)N2CCCC2)cc1. The molecule has 5 heteroatoms. The normalized spacial score (nSPS) is 15.4. The molecule has 2 aromatic rings. The highest BCUT2D eigenvalue weighted by Crippen LogP contribution is 2.25. The average molecular weight is 385 g/mol. The van der Waals surface area contributed by atoms with E-state index in [4.69, 9.17) is 4.74 Å². The van der Waals surface area contributed by atoms with Crippen LogP contribution in [0.5, 0.6) is 5.75 Å². The molecule has 0 aromatic heterocycles. The number of amides is 1. The largest absolute Gasteiger partial charge is 0.497 e. The molecule has 0 spiro atoms. The van der Waals surface area contributed by atoms with Crippen molar-refractivity contribution in [2.45, 2.75) is 30.2 Å². The molecule has 1 saturated heterocycles. The fraction of sp³-hybridized carbons (Fsp3) is 0.409. The molecule has 4 nitrogen and oxygen atoms in total. The van der Waals surface area contributed by atoms with E-state index in [1.54, 1.807) is 18.9 Å². The van der Waals surface area contributed by atoms with Crippen LogP contribution in [0, 0.1) is 0 Å². The van der Waals surface area contributed by atoms with E-state index in [9.17, 15) is 4.79 Å². The molecule has 144 valence electrons. The minimum absolute atomic E-state index is 0.121. The number of likely N-dealkylation sites (tertiary alicyclic amines) is 1. The minimum atomic E-state index is 0.121. The van der Waals surface area contributed by atoms with Gasteiger partial charge in [-0.05, 0) is 55.8 Å². The van der Waals surface area contributed by atoms with Gasteiger partial charge in [0, 0.05) is 23.6 Å². The van der Waals surface area contributed by atoms with Crippen molar-refractivity contribution in [3.8, 4) is 5.75 Å². The third-order valence-corrected chi connectivity index (χ3v) is 5.93. The van der Waals surface area contributed by atoms with Crippen molar-refractivity contribution < 1.29 is 9.53 Å². The molecule has 2 aromatic carbocycles. The van der Waals surface area contributed by atoms with Gasteiger partial charge in [0.25, 0.3) is 0 Å². The molecule has 27 heavy (non-hydrogen) atoms. The lowest BCUT2D eigenvalue weighted by Crippen LogP contribution is -2.36. The van der Waals surface area contributed by atoms with Gasteiger partial charge in [0.2, 0.25) is 5.91 Å². The molecular weight excluding hydrogens is 356 g/mol. The highest BCUT2D eigenvalue weighted by molar-refractivity contribution is 7.99. The first-order chi connectivity index (χ1) is 13.3. The second-order valence-corrected chi connectivity index (χ2v) is 7.92. The molecule has 1 aliphatic rings. The number of hydrogen-bond donors (Lipinski definition) is 1. The van der Waals surface area contributed by atoms with Crippen LogP contribution < -0.4 is 10.1 Å². The zero-order valence-corrected chi connectivity index (χ0v) is 16.7. The lowest BCUT2D eigenvalue weighted by Gasteiger charge is -2.28. The summed E-state index contributed by atoms with van der Waals surface area (Å²) < 4.78 is 5.17. The molecule has 1 fully saturated rings. The Kier molecular flexibility index (Phi) is 7.60. The lowest BCUT2D eigenvalue weighted by atomic mass is 10.1. The summed E-state index contributed by atoms with van der Waals surface area (Å²) >= 11 is 1.70. The second-order valence-electron chi connectivity index (χ2n) is 6.75. The van der Waals surface area contributed by atoms with E-state index in [0.717, 1.165) is 29.5 Å².